The summed E-state index contributed by atoms with van der Waals surface area (Å²) in [6, 6.07) is 17.6. The standard InChI is InChI=1S/C15H12ClN3S/c1-19-15(17-13-9-5-8-12(16)10-13)20-14(18-19)11-6-3-2-4-7-11/h2-10H,1H3. The Bertz CT molecular complexity index is 790. The number of aromatic nitrogens is 2. The third-order valence-corrected chi connectivity index (χ3v) is 4.04. The first-order chi connectivity index (χ1) is 9.72. The van der Waals surface area contributed by atoms with Crippen LogP contribution in [0, 0.1) is 0 Å². The summed E-state index contributed by atoms with van der Waals surface area (Å²) in [5.74, 6) is 0. The minimum absolute atomic E-state index is 0.682. The van der Waals surface area contributed by atoms with Gasteiger partial charge in [-0.2, -0.15) is 5.10 Å². The predicted molar refractivity (Wildman–Crippen MR) is 83.2 cm³/mol. The molecule has 3 nitrogen and oxygen atoms in total. The van der Waals surface area contributed by atoms with Gasteiger partial charge in [-0.15, -0.1) is 0 Å². The van der Waals surface area contributed by atoms with Crippen LogP contribution < -0.4 is 4.80 Å². The first kappa shape index (κ1) is 13.1. The van der Waals surface area contributed by atoms with Gasteiger partial charge in [-0.3, -0.25) is 0 Å². The second-order valence-electron chi connectivity index (χ2n) is 4.27. The molecule has 0 N–H and O–H groups in total. The van der Waals surface area contributed by atoms with Crippen molar-refractivity contribution < 1.29 is 0 Å². The fourth-order valence-corrected chi connectivity index (χ4v) is 2.90. The van der Waals surface area contributed by atoms with Crippen molar-refractivity contribution in [1.82, 2.24) is 9.78 Å². The van der Waals surface area contributed by atoms with Crippen molar-refractivity contribution in [3.05, 3.63) is 64.4 Å². The van der Waals surface area contributed by atoms with Crippen LogP contribution >= 0.6 is 22.9 Å². The van der Waals surface area contributed by atoms with Crippen LogP contribution in [0.15, 0.2) is 59.6 Å². The molecule has 100 valence electrons. The highest BCUT2D eigenvalue weighted by molar-refractivity contribution is 7.12. The minimum atomic E-state index is 0.682. The van der Waals surface area contributed by atoms with Gasteiger partial charge in [0, 0.05) is 17.6 Å². The molecular weight excluding hydrogens is 290 g/mol. The number of rotatable bonds is 2. The molecule has 0 atom stereocenters. The molecule has 0 spiro atoms. The van der Waals surface area contributed by atoms with E-state index in [0.717, 1.165) is 21.1 Å². The molecule has 1 aromatic heterocycles. The van der Waals surface area contributed by atoms with Crippen molar-refractivity contribution in [3.63, 3.8) is 0 Å². The predicted octanol–water partition coefficient (Wildman–Crippen LogP) is 4.03. The van der Waals surface area contributed by atoms with E-state index in [1.165, 1.54) is 0 Å². The van der Waals surface area contributed by atoms with Crippen molar-refractivity contribution in [2.75, 3.05) is 0 Å². The Morgan fingerprint density at radius 1 is 1.10 bits per heavy atom. The Hall–Kier alpha value is -1.91. The van der Waals surface area contributed by atoms with Crippen molar-refractivity contribution in [2.45, 2.75) is 0 Å². The van der Waals surface area contributed by atoms with Crippen LogP contribution in [-0.2, 0) is 7.05 Å². The summed E-state index contributed by atoms with van der Waals surface area (Å²) in [6.45, 7) is 0. The molecule has 0 unspecified atom stereocenters. The zero-order chi connectivity index (χ0) is 13.9. The monoisotopic (exact) mass is 301 g/mol. The number of nitrogens with zero attached hydrogens (tertiary/aromatic N) is 3. The molecule has 0 aliphatic heterocycles. The maximum absolute atomic E-state index is 5.97. The third-order valence-electron chi connectivity index (χ3n) is 2.76. The molecule has 5 heteroatoms. The van der Waals surface area contributed by atoms with Crippen LogP contribution in [-0.4, -0.2) is 9.78 Å². The SMILES string of the molecule is Cn1nc(-c2ccccc2)sc1=Nc1cccc(Cl)c1. The van der Waals surface area contributed by atoms with E-state index in [9.17, 15) is 0 Å². The van der Waals surface area contributed by atoms with Crippen molar-refractivity contribution in [1.29, 1.82) is 0 Å². The minimum Gasteiger partial charge on any atom is -0.241 e. The van der Waals surface area contributed by atoms with Crippen LogP contribution in [0.5, 0.6) is 0 Å². The topological polar surface area (TPSA) is 30.2 Å². The van der Waals surface area contributed by atoms with Gasteiger partial charge < -0.3 is 0 Å². The Kier molecular flexibility index (Phi) is 3.67. The van der Waals surface area contributed by atoms with Crippen molar-refractivity contribution >= 4 is 28.6 Å². The summed E-state index contributed by atoms with van der Waals surface area (Å²) in [6.07, 6.45) is 0. The lowest BCUT2D eigenvalue weighted by Crippen LogP contribution is -2.10. The number of hydrogen-bond donors (Lipinski definition) is 0. The summed E-state index contributed by atoms with van der Waals surface area (Å²) in [5, 5.41) is 6.14. The highest BCUT2D eigenvalue weighted by Crippen LogP contribution is 2.20. The van der Waals surface area contributed by atoms with E-state index in [1.807, 2.05) is 61.6 Å². The first-order valence-electron chi connectivity index (χ1n) is 6.12. The molecule has 1 heterocycles. The molecular formula is C15H12ClN3S. The van der Waals surface area contributed by atoms with E-state index < -0.39 is 0 Å². The van der Waals surface area contributed by atoms with E-state index in [2.05, 4.69) is 10.1 Å². The van der Waals surface area contributed by atoms with Gasteiger partial charge in [0.05, 0.1) is 5.69 Å². The second-order valence-corrected chi connectivity index (χ2v) is 5.66. The van der Waals surface area contributed by atoms with Crippen LogP contribution in [0.4, 0.5) is 5.69 Å². The lowest BCUT2D eigenvalue weighted by Gasteiger charge is -1.93. The number of aryl methyl sites for hydroxylation is 1. The van der Waals surface area contributed by atoms with Crippen LogP contribution in [0.1, 0.15) is 0 Å². The van der Waals surface area contributed by atoms with E-state index >= 15 is 0 Å². The van der Waals surface area contributed by atoms with E-state index in [1.54, 1.807) is 16.0 Å². The Labute approximate surface area is 125 Å². The van der Waals surface area contributed by atoms with Gasteiger partial charge in [-0.25, -0.2) is 9.67 Å². The van der Waals surface area contributed by atoms with Crippen molar-refractivity contribution in [3.8, 4) is 10.6 Å². The highest BCUT2D eigenvalue weighted by Gasteiger charge is 2.04. The number of hydrogen-bond acceptors (Lipinski definition) is 3. The smallest absolute Gasteiger partial charge is 0.208 e. The average molecular weight is 302 g/mol. The Balaban J connectivity index is 2.06. The maximum Gasteiger partial charge on any atom is 0.208 e. The van der Waals surface area contributed by atoms with Gasteiger partial charge in [0.15, 0.2) is 0 Å². The van der Waals surface area contributed by atoms with E-state index in [-0.39, 0.29) is 0 Å². The summed E-state index contributed by atoms with van der Waals surface area (Å²) in [7, 11) is 1.90. The largest absolute Gasteiger partial charge is 0.241 e. The summed E-state index contributed by atoms with van der Waals surface area (Å²) in [4.78, 5) is 5.42. The van der Waals surface area contributed by atoms with Crippen LogP contribution in [0.3, 0.4) is 0 Å². The molecule has 0 saturated heterocycles. The molecule has 3 aromatic rings. The van der Waals surface area contributed by atoms with Gasteiger partial charge in [0.25, 0.3) is 0 Å². The van der Waals surface area contributed by atoms with Gasteiger partial charge in [-0.05, 0) is 18.2 Å². The molecule has 0 aliphatic carbocycles. The molecule has 0 amide bonds. The summed E-state index contributed by atoms with van der Waals surface area (Å²) in [5.41, 5.74) is 1.93. The van der Waals surface area contributed by atoms with Crippen LogP contribution in [0.25, 0.3) is 10.6 Å². The Morgan fingerprint density at radius 2 is 1.90 bits per heavy atom. The normalized spacial score (nSPS) is 11.8. The third kappa shape index (κ3) is 2.81. The van der Waals surface area contributed by atoms with E-state index in [0.29, 0.717) is 5.02 Å². The molecule has 0 bridgehead atoms. The molecule has 2 aromatic carbocycles. The fourth-order valence-electron chi connectivity index (χ4n) is 1.80. The molecule has 0 radical (unpaired) electrons. The number of halogens is 1. The lowest BCUT2D eigenvalue weighted by molar-refractivity contribution is 0.732. The zero-order valence-electron chi connectivity index (χ0n) is 10.8. The zero-order valence-corrected chi connectivity index (χ0v) is 12.4. The molecule has 0 saturated carbocycles. The first-order valence-corrected chi connectivity index (χ1v) is 7.32. The summed E-state index contributed by atoms with van der Waals surface area (Å²) < 4.78 is 1.79. The van der Waals surface area contributed by atoms with Gasteiger partial charge in [-0.1, -0.05) is 59.3 Å². The van der Waals surface area contributed by atoms with Crippen LogP contribution in [0.2, 0.25) is 5.02 Å². The number of benzene rings is 2. The van der Waals surface area contributed by atoms with E-state index in [4.69, 9.17) is 11.6 Å². The molecule has 0 aliphatic rings. The second kappa shape index (κ2) is 5.61. The lowest BCUT2D eigenvalue weighted by atomic mass is 10.2. The highest BCUT2D eigenvalue weighted by atomic mass is 35.5. The van der Waals surface area contributed by atoms with Gasteiger partial charge in [0.2, 0.25) is 4.80 Å². The average Bonchev–Trinajstić information content (AvgIpc) is 2.81. The van der Waals surface area contributed by atoms with Gasteiger partial charge >= 0.3 is 0 Å². The molecule has 0 fully saturated rings. The maximum atomic E-state index is 5.97. The quantitative estimate of drug-likeness (QED) is 0.703. The summed E-state index contributed by atoms with van der Waals surface area (Å²) >= 11 is 7.53. The molecule has 20 heavy (non-hydrogen) atoms. The Morgan fingerprint density at radius 3 is 2.65 bits per heavy atom. The van der Waals surface area contributed by atoms with Crippen molar-refractivity contribution in [2.24, 2.45) is 12.0 Å². The van der Waals surface area contributed by atoms with Gasteiger partial charge in [0.1, 0.15) is 5.01 Å². The molecule has 3 rings (SSSR count). The fraction of sp³-hybridized carbons (Fsp3) is 0.0667.